The molecule has 11 rings (SSSR count). The van der Waals surface area contributed by atoms with E-state index < -0.39 is 0 Å². The van der Waals surface area contributed by atoms with E-state index in [0.717, 1.165) is 39.6 Å². The van der Waals surface area contributed by atoms with Gasteiger partial charge in [-0.25, -0.2) is 9.97 Å². The van der Waals surface area contributed by atoms with E-state index in [1.54, 1.807) is 0 Å². The summed E-state index contributed by atoms with van der Waals surface area (Å²) in [5, 5.41) is 2.65. The van der Waals surface area contributed by atoms with E-state index in [2.05, 4.69) is 165 Å². The van der Waals surface area contributed by atoms with Crippen molar-refractivity contribution in [2.45, 2.75) is 51.4 Å². The van der Waals surface area contributed by atoms with E-state index in [1.807, 2.05) is 24.3 Å². The van der Waals surface area contributed by atoms with E-state index in [9.17, 15) is 0 Å². The topological polar surface area (TPSA) is 30.7 Å². The molecule has 0 N–H and O–H groups in total. The third-order valence-electron chi connectivity index (χ3n) is 12.8. The third kappa shape index (κ3) is 5.26. The molecule has 0 spiro atoms. The smallest absolute Gasteiger partial charge is 0.160 e. The zero-order chi connectivity index (χ0) is 38.3. The molecular formula is C54H43N3. The molecule has 3 heteroatoms. The van der Waals surface area contributed by atoms with Gasteiger partial charge in [0, 0.05) is 38.6 Å². The average molecular weight is 734 g/mol. The maximum atomic E-state index is 5.11. The fourth-order valence-corrected chi connectivity index (χ4v) is 9.88. The fourth-order valence-electron chi connectivity index (χ4n) is 9.88. The molecule has 0 bridgehead atoms. The van der Waals surface area contributed by atoms with Crippen LogP contribution in [0.15, 0.2) is 164 Å². The highest BCUT2D eigenvalue weighted by molar-refractivity contribution is 6.15. The lowest BCUT2D eigenvalue weighted by atomic mass is 9.71. The first-order chi connectivity index (χ1) is 28.0. The number of para-hydroxylation sites is 1. The van der Waals surface area contributed by atoms with Gasteiger partial charge in [-0.3, -0.25) is 0 Å². The molecule has 0 aliphatic heterocycles. The lowest BCUT2D eigenvalue weighted by molar-refractivity contribution is 0.420. The Kier molecular flexibility index (Phi) is 7.69. The van der Waals surface area contributed by atoms with Crippen LogP contribution in [-0.2, 0) is 5.41 Å². The first kappa shape index (κ1) is 33.7. The summed E-state index contributed by atoms with van der Waals surface area (Å²) in [5.74, 6) is 1.35. The van der Waals surface area contributed by atoms with Gasteiger partial charge >= 0.3 is 0 Å². The Hall–Kier alpha value is -6.58. The zero-order valence-corrected chi connectivity index (χ0v) is 32.6. The molecule has 0 radical (unpaired) electrons. The van der Waals surface area contributed by atoms with Crippen molar-refractivity contribution in [1.82, 2.24) is 14.5 Å². The molecular weight excluding hydrogens is 691 g/mol. The molecule has 3 nitrogen and oxygen atoms in total. The van der Waals surface area contributed by atoms with Crippen LogP contribution in [-0.4, -0.2) is 14.5 Å². The van der Waals surface area contributed by atoms with Crippen molar-refractivity contribution in [3.63, 3.8) is 0 Å². The summed E-state index contributed by atoms with van der Waals surface area (Å²) in [6, 6.07) is 59.4. The standard InChI is InChI=1S/C54H43N3/c1-34-15-10-11-22-40(34)49-41(35-20-14-21-35)29-30-42-43-31-32-48-50(52(43)54(2,3)51(42)49)44-23-12-13-24-47(44)57(48)39-27-25-37(26-28-39)46-33-45(36-16-6-4-7-17-36)55-53(56-46)38-18-8-5-9-19-38/h4-13,15-19,22-33,35H,14,20-21H2,1-3H3. The van der Waals surface area contributed by atoms with Gasteiger partial charge in [0.05, 0.1) is 22.4 Å². The predicted octanol–water partition coefficient (Wildman–Crippen LogP) is 14.1. The van der Waals surface area contributed by atoms with E-state index in [4.69, 9.17) is 9.97 Å². The van der Waals surface area contributed by atoms with Crippen molar-refractivity contribution in [1.29, 1.82) is 0 Å². The Labute approximate surface area is 334 Å². The Balaban J connectivity index is 1.07. The summed E-state index contributed by atoms with van der Waals surface area (Å²) in [6.45, 7) is 7.22. The molecule has 2 heterocycles. The first-order valence-electron chi connectivity index (χ1n) is 20.4. The van der Waals surface area contributed by atoms with Gasteiger partial charge in [0.15, 0.2) is 5.82 Å². The van der Waals surface area contributed by atoms with E-state index in [1.165, 1.54) is 85.6 Å². The Morgan fingerprint density at radius 3 is 1.86 bits per heavy atom. The van der Waals surface area contributed by atoms with Crippen LogP contribution in [0.3, 0.4) is 0 Å². The molecule has 1 saturated carbocycles. The summed E-state index contributed by atoms with van der Waals surface area (Å²) < 4.78 is 2.46. The van der Waals surface area contributed by atoms with Gasteiger partial charge in [-0.05, 0) is 101 Å². The van der Waals surface area contributed by atoms with Gasteiger partial charge in [-0.1, -0.05) is 154 Å². The van der Waals surface area contributed by atoms with Crippen LogP contribution >= 0.6 is 0 Å². The van der Waals surface area contributed by atoms with E-state index in [-0.39, 0.29) is 5.41 Å². The molecule has 0 unspecified atom stereocenters. The number of hydrogen-bond acceptors (Lipinski definition) is 2. The predicted molar refractivity (Wildman–Crippen MR) is 237 cm³/mol. The Morgan fingerprint density at radius 1 is 0.544 bits per heavy atom. The van der Waals surface area contributed by atoms with Gasteiger partial charge in [0.2, 0.25) is 0 Å². The fraction of sp³-hybridized carbons (Fsp3) is 0.148. The second kappa shape index (κ2) is 13.0. The molecule has 2 aromatic heterocycles. The number of aryl methyl sites for hydroxylation is 1. The lowest BCUT2D eigenvalue weighted by Crippen LogP contribution is -2.19. The summed E-state index contributed by atoms with van der Waals surface area (Å²) in [7, 11) is 0. The summed E-state index contributed by atoms with van der Waals surface area (Å²) in [4.78, 5) is 10.1. The highest BCUT2D eigenvalue weighted by atomic mass is 15.0. The highest BCUT2D eigenvalue weighted by Crippen LogP contribution is 2.58. The number of aromatic nitrogens is 3. The first-order valence-corrected chi connectivity index (χ1v) is 20.4. The lowest BCUT2D eigenvalue weighted by Gasteiger charge is -2.33. The van der Waals surface area contributed by atoms with Gasteiger partial charge in [0.1, 0.15) is 0 Å². The molecule has 1 fully saturated rings. The summed E-state index contributed by atoms with van der Waals surface area (Å²) in [6.07, 6.45) is 3.88. The van der Waals surface area contributed by atoms with Crippen LogP contribution in [0.1, 0.15) is 61.3 Å². The second-order valence-electron chi connectivity index (χ2n) is 16.5. The summed E-state index contributed by atoms with van der Waals surface area (Å²) in [5.41, 5.74) is 19.7. The van der Waals surface area contributed by atoms with E-state index >= 15 is 0 Å². The molecule has 0 saturated heterocycles. The molecule has 274 valence electrons. The average Bonchev–Trinajstić information content (AvgIpc) is 3.69. The minimum atomic E-state index is -0.208. The second-order valence-corrected chi connectivity index (χ2v) is 16.5. The molecule has 57 heavy (non-hydrogen) atoms. The minimum absolute atomic E-state index is 0.208. The van der Waals surface area contributed by atoms with Crippen molar-refractivity contribution >= 4 is 21.8 Å². The molecule has 7 aromatic carbocycles. The van der Waals surface area contributed by atoms with Crippen molar-refractivity contribution < 1.29 is 0 Å². The number of nitrogens with zero attached hydrogens (tertiary/aromatic N) is 3. The van der Waals surface area contributed by atoms with Gasteiger partial charge < -0.3 is 4.57 Å². The molecule has 0 amide bonds. The van der Waals surface area contributed by atoms with Crippen LogP contribution in [0.4, 0.5) is 0 Å². The molecule has 2 aliphatic rings. The van der Waals surface area contributed by atoms with Crippen molar-refractivity contribution in [2.75, 3.05) is 0 Å². The minimum Gasteiger partial charge on any atom is -0.309 e. The van der Waals surface area contributed by atoms with E-state index in [0.29, 0.717) is 5.92 Å². The number of fused-ring (bicyclic) bond motifs is 7. The van der Waals surface area contributed by atoms with Crippen LogP contribution in [0.2, 0.25) is 0 Å². The SMILES string of the molecule is Cc1ccccc1-c1c(C2CCC2)ccc2c1C(C)(C)c1c-2ccc2c1c1ccccc1n2-c1ccc(-c2cc(-c3ccccc3)nc(-c3ccccc3)n2)cc1. The van der Waals surface area contributed by atoms with Crippen LogP contribution in [0.5, 0.6) is 0 Å². The maximum absolute atomic E-state index is 5.11. The third-order valence-corrected chi connectivity index (χ3v) is 12.8. The normalized spacial score (nSPS) is 14.4. The van der Waals surface area contributed by atoms with Gasteiger partial charge in [-0.15, -0.1) is 0 Å². The number of rotatable bonds is 6. The number of benzene rings is 7. The highest BCUT2D eigenvalue weighted by Gasteiger charge is 2.42. The number of hydrogen-bond donors (Lipinski definition) is 0. The van der Waals surface area contributed by atoms with Gasteiger partial charge in [0.25, 0.3) is 0 Å². The van der Waals surface area contributed by atoms with Crippen LogP contribution in [0, 0.1) is 6.92 Å². The molecule has 2 aliphatic carbocycles. The van der Waals surface area contributed by atoms with Crippen molar-refractivity contribution in [3.05, 3.63) is 186 Å². The monoisotopic (exact) mass is 733 g/mol. The molecule has 9 aromatic rings. The van der Waals surface area contributed by atoms with Crippen molar-refractivity contribution in [2.24, 2.45) is 0 Å². The van der Waals surface area contributed by atoms with Crippen LogP contribution < -0.4 is 0 Å². The van der Waals surface area contributed by atoms with Crippen molar-refractivity contribution in [3.8, 4) is 61.8 Å². The maximum Gasteiger partial charge on any atom is 0.160 e. The van der Waals surface area contributed by atoms with Gasteiger partial charge in [-0.2, -0.15) is 0 Å². The Morgan fingerprint density at radius 2 is 1.16 bits per heavy atom. The van der Waals surface area contributed by atoms with Crippen LogP contribution in [0.25, 0.3) is 83.6 Å². The largest absolute Gasteiger partial charge is 0.309 e. The summed E-state index contributed by atoms with van der Waals surface area (Å²) >= 11 is 0. The molecule has 0 atom stereocenters. The Bertz CT molecular complexity index is 2950. The zero-order valence-electron chi connectivity index (χ0n) is 32.6. The quantitative estimate of drug-likeness (QED) is 0.170.